The standard InChI is InChI=1S/C17H17N3O2/c1-17(2,3)12-8-6-11(7-9-12)14-18-15-13(16(21)22)5-4-10-20(15)19-14/h4-10H,1-3H3,(H,21,22). The van der Waals surface area contributed by atoms with E-state index < -0.39 is 5.97 Å². The maximum Gasteiger partial charge on any atom is 0.339 e. The van der Waals surface area contributed by atoms with Crippen molar-refractivity contribution in [3.05, 3.63) is 53.7 Å². The number of carboxylic acids is 1. The zero-order valence-electron chi connectivity index (χ0n) is 12.7. The van der Waals surface area contributed by atoms with Gasteiger partial charge < -0.3 is 5.11 Å². The second-order valence-electron chi connectivity index (χ2n) is 6.26. The third-order valence-corrected chi connectivity index (χ3v) is 3.60. The van der Waals surface area contributed by atoms with Crippen molar-refractivity contribution in [3.8, 4) is 11.4 Å². The maximum atomic E-state index is 11.2. The number of carboxylic acid groups (broad SMARTS) is 1. The van der Waals surface area contributed by atoms with Gasteiger partial charge in [0.1, 0.15) is 5.56 Å². The summed E-state index contributed by atoms with van der Waals surface area (Å²) in [5, 5.41) is 13.6. The van der Waals surface area contributed by atoms with Crippen molar-refractivity contribution in [3.63, 3.8) is 0 Å². The van der Waals surface area contributed by atoms with E-state index in [1.165, 1.54) is 16.1 Å². The Kier molecular flexibility index (Phi) is 3.20. The SMILES string of the molecule is CC(C)(C)c1ccc(-c2nc3c(C(=O)O)cccn3n2)cc1. The van der Waals surface area contributed by atoms with Crippen LogP contribution in [0.25, 0.3) is 17.0 Å². The van der Waals surface area contributed by atoms with Gasteiger partial charge in [0.2, 0.25) is 0 Å². The summed E-state index contributed by atoms with van der Waals surface area (Å²) in [4.78, 5) is 15.6. The number of aromatic nitrogens is 3. The van der Waals surface area contributed by atoms with Gasteiger partial charge in [-0.2, -0.15) is 0 Å². The molecule has 1 N–H and O–H groups in total. The number of pyridine rings is 1. The van der Waals surface area contributed by atoms with Crippen molar-refractivity contribution in [2.24, 2.45) is 0 Å². The van der Waals surface area contributed by atoms with E-state index >= 15 is 0 Å². The van der Waals surface area contributed by atoms with Crippen LogP contribution in [0.1, 0.15) is 36.7 Å². The van der Waals surface area contributed by atoms with Gasteiger partial charge in [0, 0.05) is 11.8 Å². The lowest BCUT2D eigenvalue weighted by atomic mass is 9.87. The molecule has 0 aliphatic carbocycles. The highest BCUT2D eigenvalue weighted by atomic mass is 16.4. The van der Waals surface area contributed by atoms with E-state index in [1.54, 1.807) is 12.3 Å². The average Bonchev–Trinajstić information content (AvgIpc) is 2.90. The second kappa shape index (κ2) is 4.94. The molecule has 5 nitrogen and oxygen atoms in total. The van der Waals surface area contributed by atoms with Crippen molar-refractivity contribution in [1.82, 2.24) is 14.6 Å². The van der Waals surface area contributed by atoms with E-state index in [9.17, 15) is 9.90 Å². The Morgan fingerprint density at radius 3 is 2.41 bits per heavy atom. The molecule has 3 aromatic rings. The van der Waals surface area contributed by atoms with Crippen LogP contribution in [0.2, 0.25) is 0 Å². The number of nitrogens with zero attached hydrogens (tertiary/aromatic N) is 3. The van der Waals surface area contributed by atoms with Crippen molar-refractivity contribution >= 4 is 11.6 Å². The molecule has 0 atom stereocenters. The van der Waals surface area contributed by atoms with Gasteiger partial charge in [-0.3, -0.25) is 0 Å². The van der Waals surface area contributed by atoms with Crippen LogP contribution in [-0.2, 0) is 5.41 Å². The lowest BCUT2D eigenvalue weighted by molar-refractivity contribution is 0.0698. The van der Waals surface area contributed by atoms with E-state index in [-0.39, 0.29) is 11.0 Å². The fourth-order valence-corrected chi connectivity index (χ4v) is 2.31. The molecule has 5 heteroatoms. The minimum Gasteiger partial charge on any atom is -0.478 e. The molecule has 0 unspecified atom stereocenters. The summed E-state index contributed by atoms with van der Waals surface area (Å²) in [6, 6.07) is 11.2. The van der Waals surface area contributed by atoms with Crippen LogP contribution in [0, 0.1) is 0 Å². The van der Waals surface area contributed by atoms with E-state index in [0.717, 1.165) is 5.56 Å². The van der Waals surface area contributed by atoms with Crippen molar-refractivity contribution in [1.29, 1.82) is 0 Å². The molecule has 3 rings (SSSR count). The monoisotopic (exact) mass is 295 g/mol. The predicted octanol–water partition coefficient (Wildman–Crippen LogP) is 3.39. The summed E-state index contributed by atoms with van der Waals surface area (Å²) in [6.45, 7) is 6.47. The van der Waals surface area contributed by atoms with Gasteiger partial charge in [0.05, 0.1) is 0 Å². The van der Waals surface area contributed by atoms with Crippen LogP contribution in [0.3, 0.4) is 0 Å². The first-order valence-corrected chi connectivity index (χ1v) is 7.06. The zero-order valence-corrected chi connectivity index (χ0v) is 12.7. The van der Waals surface area contributed by atoms with Gasteiger partial charge in [-0.1, -0.05) is 45.0 Å². The number of hydrogen-bond donors (Lipinski definition) is 1. The molecule has 1 aromatic carbocycles. The molecule has 2 heterocycles. The Morgan fingerprint density at radius 1 is 1.14 bits per heavy atom. The van der Waals surface area contributed by atoms with Crippen molar-refractivity contribution in [2.45, 2.75) is 26.2 Å². The molecule has 0 radical (unpaired) electrons. The minimum absolute atomic E-state index is 0.0847. The molecule has 112 valence electrons. The molecule has 0 spiro atoms. The van der Waals surface area contributed by atoms with Crippen LogP contribution in [-0.4, -0.2) is 25.7 Å². The molecule has 0 bridgehead atoms. The van der Waals surface area contributed by atoms with E-state index in [1.807, 2.05) is 12.1 Å². The molecule has 0 aliphatic heterocycles. The fraction of sp³-hybridized carbons (Fsp3) is 0.235. The van der Waals surface area contributed by atoms with Gasteiger partial charge in [-0.15, -0.1) is 5.10 Å². The van der Waals surface area contributed by atoms with Crippen LogP contribution >= 0.6 is 0 Å². The van der Waals surface area contributed by atoms with E-state index in [0.29, 0.717) is 11.5 Å². The number of hydrogen-bond acceptors (Lipinski definition) is 3. The summed E-state index contributed by atoms with van der Waals surface area (Å²) >= 11 is 0. The summed E-state index contributed by atoms with van der Waals surface area (Å²) in [5.41, 5.74) is 2.68. The highest BCUT2D eigenvalue weighted by Crippen LogP contribution is 2.25. The Bertz CT molecular complexity index is 842. The Hall–Kier alpha value is -2.69. The molecule has 0 saturated heterocycles. The smallest absolute Gasteiger partial charge is 0.339 e. The third-order valence-electron chi connectivity index (χ3n) is 3.60. The fourth-order valence-electron chi connectivity index (χ4n) is 2.31. The minimum atomic E-state index is -1.01. The van der Waals surface area contributed by atoms with Crippen molar-refractivity contribution in [2.75, 3.05) is 0 Å². The van der Waals surface area contributed by atoms with Gasteiger partial charge in [0.15, 0.2) is 11.5 Å². The normalized spacial score (nSPS) is 11.8. The van der Waals surface area contributed by atoms with Gasteiger partial charge in [0.25, 0.3) is 0 Å². The lowest BCUT2D eigenvalue weighted by Crippen LogP contribution is -2.10. The number of carbonyl (C=O) groups is 1. The Balaban J connectivity index is 2.07. The Labute approximate surface area is 128 Å². The first-order valence-electron chi connectivity index (χ1n) is 7.06. The Morgan fingerprint density at radius 2 is 1.82 bits per heavy atom. The summed E-state index contributed by atoms with van der Waals surface area (Å²) < 4.78 is 1.50. The third kappa shape index (κ3) is 2.45. The molecular formula is C17H17N3O2. The zero-order chi connectivity index (χ0) is 15.9. The van der Waals surface area contributed by atoms with E-state index in [2.05, 4.69) is 43.0 Å². The van der Waals surface area contributed by atoms with E-state index in [4.69, 9.17) is 0 Å². The van der Waals surface area contributed by atoms with Gasteiger partial charge in [-0.25, -0.2) is 14.3 Å². The molecule has 0 fully saturated rings. The number of rotatable bonds is 2. The van der Waals surface area contributed by atoms with Gasteiger partial charge >= 0.3 is 5.97 Å². The summed E-state index contributed by atoms with van der Waals surface area (Å²) in [6.07, 6.45) is 1.70. The first kappa shape index (κ1) is 14.3. The number of aromatic carboxylic acids is 1. The molecular weight excluding hydrogens is 278 g/mol. The van der Waals surface area contributed by atoms with Crippen LogP contribution in [0.15, 0.2) is 42.6 Å². The quantitative estimate of drug-likeness (QED) is 0.787. The summed E-state index contributed by atoms with van der Waals surface area (Å²) in [5.74, 6) is -0.484. The summed E-state index contributed by atoms with van der Waals surface area (Å²) in [7, 11) is 0. The largest absolute Gasteiger partial charge is 0.478 e. The lowest BCUT2D eigenvalue weighted by Gasteiger charge is -2.18. The second-order valence-corrected chi connectivity index (χ2v) is 6.26. The highest BCUT2D eigenvalue weighted by Gasteiger charge is 2.16. The van der Waals surface area contributed by atoms with Gasteiger partial charge in [-0.05, 0) is 23.1 Å². The maximum absolute atomic E-state index is 11.2. The van der Waals surface area contributed by atoms with Crippen molar-refractivity contribution < 1.29 is 9.90 Å². The molecule has 0 amide bonds. The van der Waals surface area contributed by atoms with Crippen LogP contribution < -0.4 is 0 Å². The highest BCUT2D eigenvalue weighted by molar-refractivity contribution is 5.94. The predicted molar refractivity (Wildman–Crippen MR) is 84.1 cm³/mol. The first-order chi connectivity index (χ1) is 10.4. The van der Waals surface area contributed by atoms with Crippen LogP contribution in [0.5, 0.6) is 0 Å². The average molecular weight is 295 g/mol. The molecule has 2 aromatic heterocycles. The number of benzene rings is 1. The van der Waals surface area contributed by atoms with Crippen LogP contribution in [0.4, 0.5) is 0 Å². The molecule has 0 saturated carbocycles. The topological polar surface area (TPSA) is 67.5 Å². The number of fused-ring (bicyclic) bond motifs is 1. The molecule has 22 heavy (non-hydrogen) atoms. The molecule has 0 aliphatic rings.